The third-order valence-electron chi connectivity index (χ3n) is 3.47. The molecule has 1 fully saturated rings. The number of benzene rings is 1. The van der Waals surface area contributed by atoms with Crippen molar-refractivity contribution < 1.29 is 10.0 Å². The monoisotopic (exact) mass is 259 g/mol. The number of fused-ring (bicyclic) bond motifs is 1. The number of hydrogen-bond acceptors (Lipinski definition) is 5. The zero-order valence-electron chi connectivity index (χ0n) is 10.2. The van der Waals surface area contributed by atoms with Crippen molar-refractivity contribution in [2.24, 2.45) is 0 Å². The Labute approximate surface area is 109 Å². The number of pyridine rings is 1. The molecule has 2 aromatic rings. The van der Waals surface area contributed by atoms with E-state index in [2.05, 4.69) is 4.98 Å². The molecule has 98 valence electrons. The summed E-state index contributed by atoms with van der Waals surface area (Å²) in [5.74, 6) is 0. The van der Waals surface area contributed by atoms with E-state index in [1.165, 1.54) is 6.07 Å². The van der Waals surface area contributed by atoms with E-state index in [0.29, 0.717) is 11.9 Å². The maximum atomic E-state index is 11.0. The number of nitro groups is 1. The van der Waals surface area contributed by atoms with Crippen LogP contribution in [0, 0.1) is 10.1 Å². The number of nitro benzene ring substituents is 1. The number of anilines is 1. The molecule has 0 saturated carbocycles. The summed E-state index contributed by atoms with van der Waals surface area (Å²) >= 11 is 0. The summed E-state index contributed by atoms with van der Waals surface area (Å²) in [7, 11) is 0. The molecule has 0 radical (unpaired) electrons. The van der Waals surface area contributed by atoms with Gasteiger partial charge >= 0.3 is 0 Å². The molecular weight excluding hydrogens is 246 g/mol. The van der Waals surface area contributed by atoms with E-state index in [-0.39, 0.29) is 16.7 Å². The fourth-order valence-electron chi connectivity index (χ4n) is 2.55. The highest BCUT2D eigenvalue weighted by Crippen LogP contribution is 2.34. The summed E-state index contributed by atoms with van der Waals surface area (Å²) < 4.78 is 0. The number of aromatic nitrogens is 1. The third-order valence-corrected chi connectivity index (χ3v) is 3.47. The Balaban J connectivity index is 2.17. The molecule has 1 aromatic heterocycles. The van der Waals surface area contributed by atoms with Gasteiger partial charge in [0.2, 0.25) is 0 Å². The van der Waals surface area contributed by atoms with E-state index >= 15 is 0 Å². The van der Waals surface area contributed by atoms with Gasteiger partial charge in [0.25, 0.3) is 5.69 Å². The Hall–Kier alpha value is -2.21. The van der Waals surface area contributed by atoms with Gasteiger partial charge in [0.05, 0.1) is 16.4 Å². The van der Waals surface area contributed by atoms with Gasteiger partial charge in [0.15, 0.2) is 0 Å². The lowest BCUT2D eigenvalue weighted by molar-refractivity contribution is -0.383. The van der Waals surface area contributed by atoms with Crippen LogP contribution >= 0.6 is 0 Å². The van der Waals surface area contributed by atoms with Crippen LogP contribution < -0.4 is 4.90 Å². The van der Waals surface area contributed by atoms with Gasteiger partial charge in [-0.25, -0.2) is 0 Å². The number of non-ortho nitro benzene ring substituents is 1. The van der Waals surface area contributed by atoms with Gasteiger partial charge in [-0.15, -0.1) is 0 Å². The summed E-state index contributed by atoms with van der Waals surface area (Å²) in [6.45, 7) is 1.31. The van der Waals surface area contributed by atoms with Crippen LogP contribution in [-0.2, 0) is 0 Å². The van der Waals surface area contributed by atoms with Crippen LogP contribution in [0.15, 0.2) is 30.6 Å². The van der Waals surface area contributed by atoms with Crippen molar-refractivity contribution in [3.8, 4) is 0 Å². The van der Waals surface area contributed by atoms with E-state index in [4.69, 9.17) is 0 Å². The highest BCUT2D eigenvalue weighted by Gasteiger charge is 2.23. The quantitative estimate of drug-likeness (QED) is 0.656. The fraction of sp³-hybridized carbons (Fsp3) is 0.308. The van der Waals surface area contributed by atoms with E-state index in [9.17, 15) is 15.2 Å². The predicted molar refractivity (Wildman–Crippen MR) is 71.2 cm³/mol. The molecule has 6 nitrogen and oxygen atoms in total. The van der Waals surface area contributed by atoms with Crippen LogP contribution in [-0.4, -0.2) is 34.2 Å². The Morgan fingerprint density at radius 1 is 1.37 bits per heavy atom. The van der Waals surface area contributed by atoms with Crippen molar-refractivity contribution in [2.45, 2.75) is 12.5 Å². The number of hydrogen-bond donors (Lipinski definition) is 1. The first-order valence-corrected chi connectivity index (χ1v) is 6.11. The molecule has 1 saturated heterocycles. The average molecular weight is 259 g/mol. The summed E-state index contributed by atoms with van der Waals surface area (Å²) in [5, 5.41) is 22.0. The van der Waals surface area contributed by atoms with Crippen molar-refractivity contribution >= 4 is 22.1 Å². The van der Waals surface area contributed by atoms with Crippen LogP contribution in [0.5, 0.6) is 0 Å². The van der Waals surface area contributed by atoms with Crippen molar-refractivity contribution in [1.82, 2.24) is 4.98 Å². The van der Waals surface area contributed by atoms with Gasteiger partial charge in [0, 0.05) is 42.6 Å². The first-order chi connectivity index (χ1) is 9.16. The van der Waals surface area contributed by atoms with Gasteiger partial charge in [-0.2, -0.15) is 0 Å². The van der Waals surface area contributed by atoms with Gasteiger partial charge in [-0.05, 0) is 18.6 Å². The standard InChI is InChI=1S/C13H13N3O3/c17-9-4-6-15(8-9)12-1-2-13(16(18)19)10-3-5-14-7-11(10)12/h1-3,5,7,9,17H,4,6,8H2/t9-/m1/s1. The second-order valence-corrected chi connectivity index (χ2v) is 4.67. The van der Waals surface area contributed by atoms with Crippen molar-refractivity contribution in [3.05, 3.63) is 40.7 Å². The maximum Gasteiger partial charge on any atom is 0.277 e. The molecule has 1 aromatic carbocycles. The molecule has 6 heteroatoms. The number of aliphatic hydroxyl groups is 1. The molecule has 0 unspecified atom stereocenters. The van der Waals surface area contributed by atoms with Gasteiger partial charge in [0.1, 0.15) is 0 Å². The van der Waals surface area contributed by atoms with Crippen molar-refractivity contribution in [1.29, 1.82) is 0 Å². The maximum absolute atomic E-state index is 11.0. The molecule has 1 aliphatic heterocycles. The Morgan fingerprint density at radius 3 is 2.89 bits per heavy atom. The molecule has 2 heterocycles. The topological polar surface area (TPSA) is 79.5 Å². The van der Waals surface area contributed by atoms with Crippen LogP contribution in [0.2, 0.25) is 0 Å². The Kier molecular flexibility index (Phi) is 2.79. The summed E-state index contributed by atoms with van der Waals surface area (Å²) in [6, 6.07) is 4.91. The molecule has 0 bridgehead atoms. The smallest absolute Gasteiger partial charge is 0.277 e. The molecule has 1 atom stereocenters. The molecule has 19 heavy (non-hydrogen) atoms. The minimum Gasteiger partial charge on any atom is -0.391 e. The lowest BCUT2D eigenvalue weighted by atomic mass is 10.1. The van der Waals surface area contributed by atoms with Gasteiger partial charge in [-0.1, -0.05) is 0 Å². The SMILES string of the molecule is O=[N+]([O-])c1ccc(N2CC[C@@H](O)C2)c2cnccc12. The highest BCUT2D eigenvalue weighted by atomic mass is 16.6. The zero-order chi connectivity index (χ0) is 13.4. The highest BCUT2D eigenvalue weighted by molar-refractivity contribution is 5.99. The van der Waals surface area contributed by atoms with E-state index in [1.54, 1.807) is 24.5 Å². The Bertz CT molecular complexity index is 644. The lowest BCUT2D eigenvalue weighted by Gasteiger charge is -2.19. The normalized spacial score (nSPS) is 19.0. The second kappa shape index (κ2) is 4.47. The molecule has 0 amide bonds. The van der Waals surface area contributed by atoms with Gasteiger partial charge in [-0.3, -0.25) is 15.1 Å². The molecule has 0 spiro atoms. The van der Waals surface area contributed by atoms with Crippen LogP contribution in [0.4, 0.5) is 11.4 Å². The van der Waals surface area contributed by atoms with E-state index < -0.39 is 0 Å². The third kappa shape index (κ3) is 2.00. The van der Waals surface area contributed by atoms with Crippen LogP contribution in [0.3, 0.4) is 0 Å². The lowest BCUT2D eigenvalue weighted by Crippen LogP contribution is -2.21. The zero-order valence-corrected chi connectivity index (χ0v) is 10.2. The second-order valence-electron chi connectivity index (χ2n) is 4.67. The van der Waals surface area contributed by atoms with Crippen LogP contribution in [0.1, 0.15) is 6.42 Å². The number of rotatable bonds is 2. The predicted octanol–water partition coefficient (Wildman–Crippen LogP) is 1.71. The number of nitrogens with zero attached hydrogens (tertiary/aromatic N) is 3. The largest absolute Gasteiger partial charge is 0.391 e. The summed E-state index contributed by atoms with van der Waals surface area (Å²) in [4.78, 5) is 16.7. The van der Waals surface area contributed by atoms with Crippen molar-refractivity contribution in [3.63, 3.8) is 0 Å². The van der Waals surface area contributed by atoms with Crippen molar-refractivity contribution in [2.75, 3.05) is 18.0 Å². The molecule has 1 N–H and O–H groups in total. The summed E-state index contributed by atoms with van der Waals surface area (Å²) in [5.41, 5.74) is 0.978. The number of aliphatic hydroxyl groups excluding tert-OH is 1. The first kappa shape index (κ1) is 11.9. The summed E-state index contributed by atoms with van der Waals surface area (Å²) in [6.07, 6.45) is 3.58. The molecule has 3 rings (SSSR count). The van der Waals surface area contributed by atoms with E-state index in [1.807, 2.05) is 4.90 Å². The Morgan fingerprint density at radius 2 is 2.21 bits per heavy atom. The van der Waals surface area contributed by atoms with Crippen LogP contribution in [0.25, 0.3) is 10.8 Å². The average Bonchev–Trinajstić information content (AvgIpc) is 2.83. The number of β-amino-alcohol motifs (C(OH)–C–C–N with tert-alkyl or cyclic N) is 1. The molecule has 0 aliphatic carbocycles. The van der Waals surface area contributed by atoms with Gasteiger partial charge < -0.3 is 10.0 Å². The fourth-order valence-corrected chi connectivity index (χ4v) is 2.55. The molecular formula is C13H13N3O3. The first-order valence-electron chi connectivity index (χ1n) is 6.11. The minimum absolute atomic E-state index is 0.0842. The minimum atomic E-state index is -0.384. The van der Waals surface area contributed by atoms with E-state index in [0.717, 1.165) is 24.0 Å². The molecule has 1 aliphatic rings.